The Morgan fingerprint density at radius 2 is 1.81 bits per heavy atom. The van der Waals surface area contributed by atoms with Crippen LogP contribution in [0, 0.1) is 0 Å². The number of amides is 1. The Hall–Kier alpha value is -2.89. The van der Waals surface area contributed by atoms with E-state index in [1.54, 1.807) is 31.2 Å². The number of carbonyl (C=O) groups is 2. The van der Waals surface area contributed by atoms with Crippen LogP contribution in [0.3, 0.4) is 0 Å². The first-order chi connectivity index (χ1) is 13.1. The van der Waals surface area contributed by atoms with Crippen LogP contribution in [0.2, 0.25) is 0 Å². The highest BCUT2D eigenvalue weighted by atomic mass is 16.6. The number of nitrogens with one attached hydrogen (secondary N) is 1. The molecule has 1 atom stereocenters. The van der Waals surface area contributed by atoms with E-state index in [9.17, 15) is 9.59 Å². The van der Waals surface area contributed by atoms with Gasteiger partial charge in [-0.15, -0.1) is 0 Å². The summed E-state index contributed by atoms with van der Waals surface area (Å²) in [5.41, 5.74) is 0.179. The summed E-state index contributed by atoms with van der Waals surface area (Å²) in [6.07, 6.45) is 6.05. The Labute approximate surface area is 158 Å². The number of rotatable bonds is 6. The molecule has 0 unspecified atom stereocenters. The molecule has 0 bridgehead atoms. The summed E-state index contributed by atoms with van der Waals surface area (Å²) in [6, 6.07) is 12.4. The second-order valence-electron chi connectivity index (χ2n) is 6.66. The summed E-state index contributed by atoms with van der Waals surface area (Å²) in [5, 5.41) is 2.97. The van der Waals surface area contributed by atoms with Crippen molar-refractivity contribution in [2.24, 2.45) is 0 Å². The van der Waals surface area contributed by atoms with Gasteiger partial charge in [0.2, 0.25) is 5.88 Å². The fourth-order valence-electron chi connectivity index (χ4n) is 3.07. The first-order valence-corrected chi connectivity index (χ1v) is 9.33. The molecule has 6 heteroatoms. The number of pyridine rings is 1. The summed E-state index contributed by atoms with van der Waals surface area (Å²) in [6.45, 7) is 1.57. The third kappa shape index (κ3) is 5.29. The number of nitrogens with zero attached hydrogens (tertiary/aromatic N) is 1. The largest absolute Gasteiger partial charge is 0.449 e. The maximum absolute atomic E-state index is 12.5. The molecule has 3 rings (SSSR count). The first-order valence-electron chi connectivity index (χ1n) is 9.33. The zero-order valence-corrected chi connectivity index (χ0v) is 15.4. The van der Waals surface area contributed by atoms with Gasteiger partial charge in [0.15, 0.2) is 6.10 Å². The van der Waals surface area contributed by atoms with E-state index in [1.165, 1.54) is 12.6 Å². The number of esters is 1. The molecule has 0 radical (unpaired) electrons. The molecule has 1 N–H and O–H groups in total. The Balaban J connectivity index is 1.62. The number of benzene rings is 1. The Bertz CT molecular complexity index is 773. The molecule has 27 heavy (non-hydrogen) atoms. The maximum Gasteiger partial charge on any atom is 0.344 e. The van der Waals surface area contributed by atoms with Crippen LogP contribution in [-0.2, 0) is 9.53 Å². The monoisotopic (exact) mass is 368 g/mol. The Morgan fingerprint density at radius 3 is 2.56 bits per heavy atom. The van der Waals surface area contributed by atoms with E-state index in [0.717, 1.165) is 25.7 Å². The Morgan fingerprint density at radius 1 is 1.07 bits per heavy atom. The van der Waals surface area contributed by atoms with Gasteiger partial charge in [-0.25, -0.2) is 9.78 Å². The standard InChI is InChI=1S/C21H24N2O4/c1-15(19(24)23-16-9-4-2-5-10-16)26-21(25)18-13-8-14-22-20(18)27-17-11-6-3-7-12-17/h3,6-8,11-16H,2,4-5,9-10H2,1H3,(H,23,24)/t15-/m1/s1. The highest BCUT2D eigenvalue weighted by Crippen LogP contribution is 2.23. The topological polar surface area (TPSA) is 77.5 Å². The van der Waals surface area contributed by atoms with Crippen molar-refractivity contribution in [3.63, 3.8) is 0 Å². The molecule has 6 nitrogen and oxygen atoms in total. The van der Waals surface area contributed by atoms with E-state index in [1.807, 2.05) is 18.2 Å². The lowest BCUT2D eigenvalue weighted by Crippen LogP contribution is -2.42. The van der Waals surface area contributed by atoms with Crippen molar-refractivity contribution in [1.82, 2.24) is 10.3 Å². The number of carbonyl (C=O) groups excluding carboxylic acids is 2. The molecule has 1 amide bonds. The van der Waals surface area contributed by atoms with Crippen LogP contribution in [0.15, 0.2) is 48.7 Å². The third-order valence-corrected chi connectivity index (χ3v) is 4.55. The fourth-order valence-corrected chi connectivity index (χ4v) is 3.07. The van der Waals surface area contributed by atoms with Gasteiger partial charge in [-0.05, 0) is 44.0 Å². The van der Waals surface area contributed by atoms with Crippen molar-refractivity contribution < 1.29 is 19.1 Å². The number of ether oxygens (including phenoxy) is 2. The van der Waals surface area contributed by atoms with E-state index in [-0.39, 0.29) is 23.4 Å². The Kier molecular flexibility index (Phi) is 6.41. The van der Waals surface area contributed by atoms with Crippen molar-refractivity contribution in [3.05, 3.63) is 54.2 Å². The van der Waals surface area contributed by atoms with Crippen molar-refractivity contribution in [2.45, 2.75) is 51.2 Å². The average molecular weight is 368 g/mol. The van der Waals surface area contributed by atoms with Gasteiger partial charge in [0.05, 0.1) is 0 Å². The van der Waals surface area contributed by atoms with Gasteiger partial charge >= 0.3 is 5.97 Å². The van der Waals surface area contributed by atoms with Crippen molar-refractivity contribution in [1.29, 1.82) is 0 Å². The molecule has 1 saturated carbocycles. The van der Waals surface area contributed by atoms with Gasteiger partial charge in [-0.3, -0.25) is 4.79 Å². The van der Waals surface area contributed by atoms with Gasteiger partial charge in [-0.1, -0.05) is 37.5 Å². The highest BCUT2D eigenvalue weighted by molar-refractivity contribution is 5.94. The molecule has 0 aliphatic heterocycles. The zero-order valence-electron chi connectivity index (χ0n) is 15.4. The van der Waals surface area contributed by atoms with Crippen LogP contribution in [0.5, 0.6) is 11.6 Å². The lowest BCUT2D eigenvalue weighted by Gasteiger charge is -2.24. The number of hydrogen-bond acceptors (Lipinski definition) is 5. The van der Waals surface area contributed by atoms with Crippen molar-refractivity contribution in [3.8, 4) is 11.6 Å². The number of aromatic nitrogens is 1. The molecule has 1 fully saturated rings. The van der Waals surface area contributed by atoms with Crippen molar-refractivity contribution in [2.75, 3.05) is 0 Å². The van der Waals surface area contributed by atoms with E-state index in [0.29, 0.717) is 5.75 Å². The smallest absolute Gasteiger partial charge is 0.344 e. The predicted octanol–water partition coefficient (Wildman–Crippen LogP) is 3.87. The van der Waals surface area contributed by atoms with E-state index >= 15 is 0 Å². The summed E-state index contributed by atoms with van der Waals surface area (Å²) < 4.78 is 11.0. The van der Waals surface area contributed by atoms with Crippen LogP contribution in [0.1, 0.15) is 49.4 Å². The highest BCUT2D eigenvalue weighted by Gasteiger charge is 2.24. The molecular weight excluding hydrogens is 344 g/mol. The van der Waals surface area contributed by atoms with Crippen LogP contribution in [-0.4, -0.2) is 29.0 Å². The summed E-state index contributed by atoms with van der Waals surface area (Å²) in [7, 11) is 0. The molecule has 0 spiro atoms. The number of para-hydroxylation sites is 1. The molecule has 1 aliphatic rings. The van der Waals surface area contributed by atoms with Gasteiger partial charge < -0.3 is 14.8 Å². The first kappa shape index (κ1) is 18.9. The minimum absolute atomic E-state index is 0.147. The van der Waals surface area contributed by atoms with E-state index < -0.39 is 12.1 Å². The molecule has 2 aromatic rings. The second-order valence-corrected chi connectivity index (χ2v) is 6.66. The molecule has 0 saturated heterocycles. The minimum Gasteiger partial charge on any atom is -0.449 e. The van der Waals surface area contributed by atoms with Crippen LogP contribution in [0.4, 0.5) is 0 Å². The summed E-state index contributed by atoms with van der Waals surface area (Å²) in [5.74, 6) is -0.202. The van der Waals surface area contributed by atoms with Gasteiger partial charge in [0.1, 0.15) is 11.3 Å². The van der Waals surface area contributed by atoms with Crippen molar-refractivity contribution >= 4 is 11.9 Å². The second kappa shape index (κ2) is 9.16. The molecular formula is C21H24N2O4. The predicted molar refractivity (Wildman–Crippen MR) is 101 cm³/mol. The zero-order chi connectivity index (χ0) is 19.1. The molecule has 1 aliphatic carbocycles. The lowest BCUT2D eigenvalue weighted by molar-refractivity contribution is -0.130. The molecule has 142 valence electrons. The quantitative estimate of drug-likeness (QED) is 0.783. The van der Waals surface area contributed by atoms with E-state index in [2.05, 4.69) is 10.3 Å². The van der Waals surface area contributed by atoms with Crippen LogP contribution in [0.25, 0.3) is 0 Å². The van der Waals surface area contributed by atoms with Gasteiger partial charge in [-0.2, -0.15) is 0 Å². The summed E-state index contributed by atoms with van der Waals surface area (Å²) in [4.78, 5) is 29.0. The molecule has 1 aromatic heterocycles. The normalized spacial score (nSPS) is 15.6. The van der Waals surface area contributed by atoms with Gasteiger partial charge in [0, 0.05) is 12.2 Å². The third-order valence-electron chi connectivity index (χ3n) is 4.55. The lowest BCUT2D eigenvalue weighted by atomic mass is 9.95. The molecule has 1 heterocycles. The maximum atomic E-state index is 12.5. The summed E-state index contributed by atoms with van der Waals surface area (Å²) >= 11 is 0. The fraction of sp³-hybridized carbons (Fsp3) is 0.381. The minimum atomic E-state index is -0.885. The average Bonchev–Trinajstić information content (AvgIpc) is 2.70. The van der Waals surface area contributed by atoms with Crippen LogP contribution >= 0.6 is 0 Å². The molecule has 1 aromatic carbocycles. The van der Waals surface area contributed by atoms with Gasteiger partial charge in [0.25, 0.3) is 5.91 Å². The van der Waals surface area contributed by atoms with E-state index in [4.69, 9.17) is 9.47 Å². The SMILES string of the molecule is C[C@@H](OC(=O)c1cccnc1Oc1ccccc1)C(=O)NC1CCCCC1. The number of hydrogen-bond donors (Lipinski definition) is 1. The van der Waals surface area contributed by atoms with Crippen LogP contribution < -0.4 is 10.1 Å².